The number of hydrogen-bond acceptors (Lipinski definition) is 4. The molecule has 3 aromatic rings. The number of amidine groups is 1. The molecule has 4 nitrogen and oxygen atoms in total. The molecule has 1 saturated heterocycles. The average molecular weight is 483 g/mol. The fourth-order valence-electron chi connectivity index (χ4n) is 3.01. The fourth-order valence-corrected chi connectivity index (χ4v) is 4.46. The number of thioether (sulfide) groups is 1. The quantitative estimate of drug-likeness (QED) is 0.395. The summed E-state index contributed by atoms with van der Waals surface area (Å²) in [6.07, 6.45) is 1.74. The van der Waals surface area contributed by atoms with Crippen molar-refractivity contribution in [2.45, 2.75) is 20.5 Å². The van der Waals surface area contributed by atoms with E-state index in [1.54, 1.807) is 18.2 Å². The number of ether oxygens (including phenoxy) is 1. The average Bonchev–Trinajstić information content (AvgIpc) is 3.09. The van der Waals surface area contributed by atoms with Crippen LogP contribution in [0.5, 0.6) is 5.75 Å². The molecule has 3 aromatic carbocycles. The minimum Gasteiger partial charge on any atom is -0.486 e. The van der Waals surface area contributed by atoms with Crippen LogP contribution in [0.15, 0.2) is 70.6 Å². The molecule has 0 unspecified atom stereocenters. The Morgan fingerprint density at radius 3 is 2.19 bits per heavy atom. The lowest BCUT2D eigenvalue weighted by atomic mass is 10.1. The zero-order valence-electron chi connectivity index (χ0n) is 17.5. The van der Waals surface area contributed by atoms with Crippen LogP contribution in [0.2, 0.25) is 10.0 Å². The van der Waals surface area contributed by atoms with Crippen LogP contribution in [0.1, 0.15) is 22.3 Å². The van der Waals surface area contributed by atoms with Crippen LogP contribution in [0.3, 0.4) is 0 Å². The minimum atomic E-state index is -0.215. The van der Waals surface area contributed by atoms with Crippen LogP contribution in [-0.2, 0) is 11.4 Å². The molecule has 32 heavy (non-hydrogen) atoms. The third kappa shape index (κ3) is 5.54. The Bertz CT molecular complexity index is 1200. The third-order valence-electron chi connectivity index (χ3n) is 4.74. The number of carbonyl (C=O) groups is 1. The van der Waals surface area contributed by atoms with Crippen LogP contribution in [0, 0.1) is 13.8 Å². The van der Waals surface area contributed by atoms with Crippen LogP contribution in [-0.4, -0.2) is 11.1 Å². The van der Waals surface area contributed by atoms with Crippen molar-refractivity contribution in [3.63, 3.8) is 0 Å². The molecule has 0 aromatic heterocycles. The summed E-state index contributed by atoms with van der Waals surface area (Å²) < 4.78 is 5.84. The third-order valence-corrected chi connectivity index (χ3v) is 6.21. The summed E-state index contributed by atoms with van der Waals surface area (Å²) in [5.41, 5.74) is 4.84. The first-order valence-electron chi connectivity index (χ1n) is 9.91. The highest BCUT2D eigenvalue weighted by Crippen LogP contribution is 2.36. The summed E-state index contributed by atoms with van der Waals surface area (Å²) in [4.78, 5) is 17.4. The van der Waals surface area contributed by atoms with E-state index in [2.05, 4.69) is 10.3 Å². The maximum absolute atomic E-state index is 12.4. The Morgan fingerprint density at radius 2 is 1.56 bits per heavy atom. The van der Waals surface area contributed by atoms with Gasteiger partial charge in [0.1, 0.15) is 6.61 Å². The highest BCUT2D eigenvalue weighted by Gasteiger charge is 2.24. The summed E-state index contributed by atoms with van der Waals surface area (Å²) in [5, 5.41) is 4.08. The summed E-state index contributed by atoms with van der Waals surface area (Å²) >= 11 is 14.1. The van der Waals surface area contributed by atoms with E-state index < -0.39 is 0 Å². The standard InChI is InChI=1S/C25H20Cl2N2O2S/c1-15-3-7-17(8-4-15)14-31-23-20(26)11-18(12-21(23)27)13-22-24(30)29-25(32-22)28-19-9-5-16(2)6-10-19/h3-13H,14H2,1-2H3,(H,28,29,30). The smallest absolute Gasteiger partial charge is 0.264 e. The first-order valence-corrected chi connectivity index (χ1v) is 11.5. The van der Waals surface area contributed by atoms with Crippen molar-refractivity contribution in [1.29, 1.82) is 0 Å². The molecule has 162 valence electrons. The molecule has 1 heterocycles. The zero-order chi connectivity index (χ0) is 22.7. The van der Waals surface area contributed by atoms with Gasteiger partial charge in [-0.1, -0.05) is 70.7 Å². The number of halogens is 2. The molecule has 7 heteroatoms. The Labute approximate surface area is 201 Å². The van der Waals surface area contributed by atoms with Gasteiger partial charge in [0.2, 0.25) is 0 Å². The second-order valence-electron chi connectivity index (χ2n) is 7.41. The summed E-state index contributed by atoms with van der Waals surface area (Å²) in [6, 6.07) is 19.3. The second-order valence-corrected chi connectivity index (χ2v) is 9.25. The van der Waals surface area contributed by atoms with E-state index in [9.17, 15) is 4.79 Å². The number of rotatable bonds is 5. The van der Waals surface area contributed by atoms with Crippen molar-refractivity contribution in [2.24, 2.45) is 4.99 Å². The fraction of sp³-hybridized carbons (Fsp3) is 0.120. The Balaban J connectivity index is 1.49. The predicted octanol–water partition coefficient (Wildman–Crippen LogP) is 7.08. The van der Waals surface area contributed by atoms with E-state index in [-0.39, 0.29) is 5.91 Å². The van der Waals surface area contributed by atoms with Gasteiger partial charge in [-0.05, 0) is 67.1 Å². The number of benzene rings is 3. The van der Waals surface area contributed by atoms with E-state index in [0.717, 1.165) is 16.8 Å². The van der Waals surface area contributed by atoms with Gasteiger partial charge >= 0.3 is 0 Å². The molecule has 0 atom stereocenters. The molecule has 0 spiro atoms. The molecule has 4 rings (SSSR count). The summed E-state index contributed by atoms with van der Waals surface area (Å²) in [6.45, 7) is 4.40. The van der Waals surface area contributed by atoms with Gasteiger partial charge in [-0.2, -0.15) is 0 Å². The molecule has 0 aliphatic carbocycles. The molecule has 1 aliphatic heterocycles. The van der Waals surface area contributed by atoms with Gasteiger partial charge in [-0.3, -0.25) is 4.79 Å². The van der Waals surface area contributed by atoms with Gasteiger partial charge in [0.25, 0.3) is 5.91 Å². The molecule has 1 amide bonds. The maximum atomic E-state index is 12.4. The van der Waals surface area contributed by atoms with Crippen LogP contribution in [0.25, 0.3) is 6.08 Å². The van der Waals surface area contributed by atoms with Crippen LogP contribution in [0.4, 0.5) is 5.69 Å². The topological polar surface area (TPSA) is 50.7 Å². The van der Waals surface area contributed by atoms with Gasteiger partial charge in [0.05, 0.1) is 20.6 Å². The normalized spacial score (nSPS) is 15.9. The van der Waals surface area contributed by atoms with Gasteiger partial charge in [0, 0.05) is 0 Å². The van der Waals surface area contributed by atoms with Crippen molar-refractivity contribution < 1.29 is 9.53 Å². The molecule has 1 N–H and O–H groups in total. The zero-order valence-corrected chi connectivity index (χ0v) is 19.8. The predicted molar refractivity (Wildman–Crippen MR) is 134 cm³/mol. The minimum absolute atomic E-state index is 0.215. The van der Waals surface area contributed by atoms with E-state index >= 15 is 0 Å². The largest absolute Gasteiger partial charge is 0.486 e. The second kappa shape index (κ2) is 9.82. The number of hydrogen-bond donors (Lipinski definition) is 1. The lowest BCUT2D eigenvalue weighted by Gasteiger charge is -2.11. The molecule has 1 fully saturated rings. The number of nitrogens with one attached hydrogen (secondary N) is 1. The summed E-state index contributed by atoms with van der Waals surface area (Å²) in [7, 11) is 0. The first kappa shape index (κ1) is 22.5. The van der Waals surface area contributed by atoms with Gasteiger partial charge < -0.3 is 10.1 Å². The molecular weight excluding hydrogens is 463 g/mol. The van der Waals surface area contributed by atoms with Crippen molar-refractivity contribution in [3.05, 3.63) is 97.9 Å². The Hall–Kier alpha value is -2.73. The SMILES string of the molecule is Cc1ccc(COc2c(Cl)cc(C=C3SC(=Nc4ccc(C)cc4)NC3=O)cc2Cl)cc1. The number of aliphatic imine (C=N–C) groups is 1. The molecule has 0 saturated carbocycles. The molecule has 0 bridgehead atoms. The van der Waals surface area contributed by atoms with E-state index in [1.165, 1.54) is 17.3 Å². The van der Waals surface area contributed by atoms with Crippen LogP contribution < -0.4 is 10.1 Å². The van der Waals surface area contributed by atoms with Crippen molar-refractivity contribution in [1.82, 2.24) is 5.32 Å². The monoisotopic (exact) mass is 482 g/mol. The van der Waals surface area contributed by atoms with Crippen molar-refractivity contribution in [3.8, 4) is 5.75 Å². The molecular formula is C25H20Cl2N2O2S. The molecule has 1 aliphatic rings. The van der Waals surface area contributed by atoms with Gasteiger partial charge in [-0.25, -0.2) is 4.99 Å². The summed E-state index contributed by atoms with van der Waals surface area (Å²) in [5.74, 6) is 0.203. The van der Waals surface area contributed by atoms with Crippen LogP contribution >= 0.6 is 35.0 Å². The number of carbonyl (C=O) groups excluding carboxylic acids is 1. The molecule has 0 radical (unpaired) electrons. The van der Waals surface area contributed by atoms with Gasteiger partial charge in [0.15, 0.2) is 10.9 Å². The lowest BCUT2D eigenvalue weighted by molar-refractivity contribution is -0.115. The first-order chi connectivity index (χ1) is 15.4. The number of amides is 1. The maximum Gasteiger partial charge on any atom is 0.264 e. The van der Waals surface area contributed by atoms with E-state index in [0.29, 0.717) is 38.0 Å². The highest BCUT2D eigenvalue weighted by molar-refractivity contribution is 8.18. The number of nitrogens with zero attached hydrogens (tertiary/aromatic N) is 1. The number of aryl methyl sites for hydroxylation is 2. The van der Waals surface area contributed by atoms with E-state index in [1.807, 2.05) is 62.4 Å². The van der Waals surface area contributed by atoms with E-state index in [4.69, 9.17) is 27.9 Å². The van der Waals surface area contributed by atoms with Crippen molar-refractivity contribution >= 4 is 57.8 Å². The highest BCUT2D eigenvalue weighted by atomic mass is 35.5. The Kier molecular flexibility index (Phi) is 6.89. The van der Waals surface area contributed by atoms with Crippen molar-refractivity contribution in [2.75, 3.05) is 0 Å². The Morgan fingerprint density at radius 1 is 0.969 bits per heavy atom. The van der Waals surface area contributed by atoms with Gasteiger partial charge in [-0.15, -0.1) is 0 Å². The lowest BCUT2D eigenvalue weighted by Crippen LogP contribution is -2.19.